The molecular formula is C24H21Cl2N5O2. The molecule has 5 rings (SSSR count). The molecule has 0 aliphatic carbocycles. The molecule has 4 aromatic rings. The third-order valence-electron chi connectivity index (χ3n) is 5.73. The Kier molecular flexibility index (Phi) is 5.74. The van der Waals surface area contributed by atoms with Gasteiger partial charge >= 0.3 is 6.09 Å². The second-order valence-electron chi connectivity index (χ2n) is 7.78. The summed E-state index contributed by atoms with van der Waals surface area (Å²) < 4.78 is 4.93. The molecule has 1 aromatic heterocycles. The van der Waals surface area contributed by atoms with Gasteiger partial charge in [0, 0.05) is 43.5 Å². The number of halogens is 2. The predicted octanol–water partition coefficient (Wildman–Crippen LogP) is 5.32. The van der Waals surface area contributed by atoms with Crippen LogP contribution in [0.1, 0.15) is 0 Å². The maximum Gasteiger partial charge on any atom is 0.409 e. The van der Waals surface area contributed by atoms with Crippen LogP contribution < -0.4 is 20.3 Å². The number of nitrogens with one attached hydrogen (secondary N) is 1. The molecule has 1 saturated heterocycles. The zero-order chi connectivity index (χ0) is 22.9. The number of H-pyrrole nitrogens is 1. The Bertz CT molecular complexity index is 1310. The second-order valence-corrected chi connectivity index (χ2v) is 8.56. The standard InChI is InChI=1S/C24H21Cl2N5O2/c25-18-2-1-3-21(22(18)26)31-12-10-30(11-13-31)16-6-4-15(5-7-16)23-28-19-9-8-17(33-24(27)32)14-20(19)29-23/h1-9,14H,10-13H2,(H2,27,32)(H,28,29). The van der Waals surface area contributed by atoms with Crippen molar-refractivity contribution in [3.63, 3.8) is 0 Å². The second kappa shape index (κ2) is 8.84. The molecule has 1 fully saturated rings. The Morgan fingerprint density at radius 3 is 2.42 bits per heavy atom. The molecule has 1 aliphatic heterocycles. The average Bonchev–Trinajstić information content (AvgIpc) is 3.24. The van der Waals surface area contributed by atoms with E-state index in [0.29, 0.717) is 21.3 Å². The summed E-state index contributed by atoms with van der Waals surface area (Å²) in [4.78, 5) is 23.5. The zero-order valence-corrected chi connectivity index (χ0v) is 19.1. The van der Waals surface area contributed by atoms with Crippen molar-refractivity contribution in [2.45, 2.75) is 0 Å². The number of carbonyl (C=O) groups is 1. The fourth-order valence-electron chi connectivity index (χ4n) is 4.07. The number of ether oxygens (including phenoxy) is 1. The number of amides is 1. The molecule has 1 amide bonds. The maximum absolute atomic E-state index is 11.0. The number of nitrogens with two attached hydrogens (primary N) is 1. The van der Waals surface area contributed by atoms with Crippen LogP contribution in [0.4, 0.5) is 16.2 Å². The highest BCUT2D eigenvalue weighted by Gasteiger charge is 2.20. The molecule has 3 aromatic carbocycles. The summed E-state index contributed by atoms with van der Waals surface area (Å²) in [5.74, 6) is 1.11. The number of aromatic amines is 1. The molecule has 0 bridgehead atoms. The van der Waals surface area contributed by atoms with Gasteiger partial charge in [0.15, 0.2) is 0 Å². The van der Waals surface area contributed by atoms with Gasteiger partial charge in [-0.3, -0.25) is 0 Å². The first kappa shape index (κ1) is 21.4. The smallest absolute Gasteiger partial charge is 0.409 e. The van der Waals surface area contributed by atoms with Crippen molar-refractivity contribution in [3.8, 4) is 17.1 Å². The minimum Gasteiger partial charge on any atom is -0.410 e. The van der Waals surface area contributed by atoms with Gasteiger partial charge in [0.25, 0.3) is 0 Å². The van der Waals surface area contributed by atoms with Crippen LogP contribution in [0.15, 0.2) is 60.7 Å². The van der Waals surface area contributed by atoms with Crippen LogP contribution in [0.5, 0.6) is 5.75 Å². The molecule has 0 unspecified atom stereocenters. The van der Waals surface area contributed by atoms with Crippen LogP contribution in [0.2, 0.25) is 10.0 Å². The van der Waals surface area contributed by atoms with Gasteiger partial charge in [0.1, 0.15) is 11.6 Å². The van der Waals surface area contributed by atoms with E-state index in [1.54, 1.807) is 18.2 Å². The van der Waals surface area contributed by atoms with Crippen molar-refractivity contribution >= 4 is 51.7 Å². The van der Waals surface area contributed by atoms with E-state index in [1.807, 2.05) is 30.3 Å². The van der Waals surface area contributed by atoms with Gasteiger partial charge in [-0.15, -0.1) is 0 Å². The van der Waals surface area contributed by atoms with Gasteiger partial charge in [-0.1, -0.05) is 29.3 Å². The highest BCUT2D eigenvalue weighted by atomic mass is 35.5. The first-order valence-corrected chi connectivity index (χ1v) is 11.2. The Balaban J connectivity index is 1.28. The van der Waals surface area contributed by atoms with Crippen molar-refractivity contribution in [1.82, 2.24) is 9.97 Å². The molecule has 0 radical (unpaired) electrons. The number of benzene rings is 3. The van der Waals surface area contributed by atoms with Crippen molar-refractivity contribution < 1.29 is 9.53 Å². The summed E-state index contributed by atoms with van der Waals surface area (Å²) >= 11 is 12.6. The minimum atomic E-state index is -0.850. The van der Waals surface area contributed by atoms with E-state index in [-0.39, 0.29) is 0 Å². The number of anilines is 2. The van der Waals surface area contributed by atoms with Crippen molar-refractivity contribution in [2.75, 3.05) is 36.0 Å². The normalized spacial score (nSPS) is 14.0. The molecule has 3 N–H and O–H groups in total. The molecule has 168 valence electrons. The molecule has 0 spiro atoms. The number of rotatable bonds is 4. The summed E-state index contributed by atoms with van der Waals surface area (Å²) in [6.45, 7) is 3.49. The number of hydrogen-bond donors (Lipinski definition) is 2. The number of carbonyl (C=O) groups excluding carboxylic acids is 1. The molecular weight excluding hydrogens is 461 g/mol. The number of imidazole rings is 1. The number of fused-ring (bicyclic) bond motifs is 1. The van der Waals surface area contributed by atoms with E-state index in [2.05, 4.69) is 31.9 Å². The molecule has 33 heavy (non-hydrogen) atoms. The van der Waals surface area contributed by atoms with E-state index in [9.17, 15) is 4.79 Å². The maximum atomic E-state index is 11.0. The van der Waals surface area contributed by atoms with Gasteiger partial charge in [0.2, 0.25) is 0 Å². The molecule has 7 nitrogen and oxygen atoms in total. The highest BCUT2D eigenvalue weighted by Crippen LogP contribution is 2.33. The van der Waals surface area contributed by atoms with Gasteiger partial charge < -0.3 is 25.3 Å². The summed E-state index contributed by atoms with van der Waals surface area (Å²) in [6.07, 6.45) is -0.850. The Morgan fingerprint density at radius 2 is 1.70 bits per heavy atom. The molecule has 0 atom stereocenters. The van der Waals surface area contributed by atoms with Crippen LogP contribution in [0.3, 0.4) is 0 Å². The molecule has 1 aliphatic rings. The minimum absolute atomic E-state index is 0.363. The van der Waals surface area contributed by atoms with Gasteiger partial charge in [-0.2, -0.15) is 0 Å². The lowest BCUT2D eigenvalue weighted by Crippen LogP contribution is -2.46. The molecule has 0 saturated carbocycles. The van der Waals surface area contributed by atoms with E-state index in [1.165, 1.54) is 0 Å². The predicted molar refractivity (Wildman–Crippen MR) is 133 cm³/mol. The van der Waals surface area contributed by atoms with E-state index in [0.717, 1.165) is 54.5 Å². The quantitative estimate of drug-likeness (QED) is 0.411. The lowest BCUT2D eigenvalue weighted by molar-refractivity contribution is 0.211. The number of hydrogen-bond acceptors (Lipinski definition) is 5. The van der Waals surface area contributed by atoms with Crippen molar-refractivity contribution in [1.29, 1.82) is 0 Å². The van der Waals surface area contributed by atoms with Gasteiger partial charge in [-0.05, 0) is 48.5 Å². The Morgan fingerprint density at radius 1 is 0.970 bits per heavy atom. The largest absolute Gasteiger partial charge is 0.410 e. The third kappa shape index (κ3) is 4.42. The summed E-state index contributed by atoms with van der Waals surface area (Å²) in [7, 11) is 0. The molecule has 9 heteroatoms. The third-order valence-corrected chi connectivity index (χ3v) is 6.54. The topological polar surface area (TPSA) is 87.5 Å². The molecule has 2 heterocycles. The number of primary amides is 1. The fraction of sp³-hybridized carbons (Fsp3) is 0.167. The highest BCUT2D eigenvalue weighted by molar-refractivity contribution is 6.43. The lowest BCUT2D eigenvalue weighted by atomic mass is 10.1. The first-order chi connectivity index (χ1) is 16.0. The van der Waals surface area contributed by atoms with E-state index >= 15 is 0 Å². The van der Waals surface area contributed by atoms with Crippen LogP contribution in [-0.2, 0) is 0 Å². The summed E-state index contributed by atoms with van der Waals surface area (Å²) in [5, 5.41) is 1.19. The van der Waals surface area contributed by atoms with E-state index in [4.69, 9.17) is 33.7 Å². The zero-order valence-electron chi connectivity index (χ0n) is 17.6. The van der Waals surface area contributed by atoms with Gasteiger partial charge in [-0.25, -0.2) is 9.78 Å². The fourth-order valence-corrected chi connectivity index (χ4v) is 4.49. The lowest BCUT2D eigenvalue weighted by Gasteiger charge is -2.37. The van der Waals surface area contributed by atoms with Crippen LogP contribution in [-0.4, -0.2) is 42.2 Å². The Hall–Kier alpha value is -3.42. The first-order valence-electron chi connectivity index (χ1n) is 10.5. The summed E-state index contributed by atoms with van der Waals surface area (Å²) in [6, 6.07) is 19.2. The monoisotopic (exact) mass is 481 g/mol. The van der Waals surface area contributed by atoms with Crippen LogP contribution >= 0.6 is 23.2 Å². The van der Waals surface area contributed by atoms with Crippen molar-refractivity contribution in [3.05, 3.63) is 70.7 Å². The van der Waals surface area contributed by atoms with E-state index < -0.39 is 6.09 Å². The number of nitrogens with zero attached hydrogens (tertiary/aromatic N) is 3. The SMILES string of the molecule is NC(=O)Oc1ccc2[nH]c(-c3ccc(N4CCN(c5cccc(Cl)c5Cl)CC4)cc3)nc2c1. The average molecular weight is 482 g/mol. The van der Waals surface area contributed by atoms with Gasteiger partial charge in [0.05, 0.1) is 26.8 Å². The Labute approximate surface area is 200 Å². The van der Waals surface area contributed by atoms with Crippen LogP contribution in [0, 0.1) is 0 Å². The summed E-state index contributed by atoms with van der Waals surface area (Å²) in [5.41, 5.74) is 9.74. The number of piperazine rings is 1. The number of aromatic nitrogens is 2. The van der Waals surface area contributed by atoms with Crippen molar-refractivity contribution in [2.24, 2.45) is 5.73 Å². The van der Waals surface area contributed by atoms with Crippen LogP contribution in [0.25, 0.3) is 22.4 Å².